The molecule has 1 aliphatic heterocycles. The summed E-state index contributed by atoms with van der Waals surface area (Å²) in [5.74, 6) is -0.660. The molecule has 1 aliphatic rings. The first-order valence-electron chi connectivity index (χ1n) is 6.52. The molecule has 0 unspecified atom stereocenters. The van der Waals surface area contributed by atoms with Crippen molar-refractivity contribution < 1.29 is 9.90 Å². The second-order valence-corrected chi connectivity index (χ2v) is 5.96. The van der Waals surface area contributed by atoms with Gasteiger partial charge in [-0.25, -0.2) is 9.78 Å². The fourth-order valence-corrected chi connectivity index (χ4v) is 3.26. The summed E-state index contributed by atoms with van der Waals surface area (Å²) in [6.45, 7) is 2.86. The summed E-state index contributed by atoms with van der Waals surface area (Å²) >= 11 is 7.20. The Bertz CT molecular complexity index is 701. The van der Waals surface area contributed by atoms with Crippen molar-refractivity contribution in [3.63, 3.8) is 0 Å². The molecule has 2 aromatic rings. The molecule has 1 saturated heterocycles. The van der Waals surface area contributed by atoms with Crippen LogP contribution in [0.5, 0.6) is 0 Å². The number of nitrogens with zero attached hydrogens (tertiary/aromatic N) is 5. The van der Waals surface area contributed by atoms with E-state index in [9.17, 15) is 4.79 Å². The monoisotopic (exact) mass is 340 g/mol. The number of hydrogen-bond donors (Lipinski definition) is 2. The molecule has 0 aromatic carbocycles. The molecule has 116 valence electrons. The fraction of sp³-hybridized carbons (Fsp3) is 0.333. The summed E-state index contributed by atoms with van der Waals surface area (Å²) in [5, 5.41) is 19.0. The molecule has 3 N–H and O–H groups in total. The van der Waals surface area contributed by atoms with E-state index in [1.807, 2.05) is 0 Å². The Morgan fingerprint density at radius 1 is 1.27 bits per heavy atom. The van der Waals surface area contributed by atoms with Crippen LogP contribution in [0.3, 0.4) is 0 Å². The van der Waals surface area contributed by atoms with E-state index < -0.39 is 5.97 Å². The Balaban J connectivity index is 1.69. The molecule has 10 heteroatoms. The second kappa shape index (κ2) is 5.93. The number of thiazole rings is 1. The molecule has 2 aromatic heterocycles. The number of nitrogen functional groups attached to an aromatic ring is 1. The zero-order chi connectivity index (χ0) is 15.7. The van der Waals surface area contributed by atoms with Gasteiger partial charge in [-0.1, -0.05) is 11.6 Å². The van der Waals surface area contributed by atoms with Gasteiger partial charge in [-0.2, -0.15) is 0 Å². The van der Waals surface area contributed by atoms with Crippen LogP contribution in [0.15, 0.2) is 11.4 Å². The van der Waals surface area contributed by atoms with Crippen molar-refractivity contribution in [2.24, 2.45) is 0 Å². The Hall–Kier alpha value is -2.13. The van der Waals surface area contributed by atoms with E-state index in [1.165, 1.54) is 11.3 Å². The predicted octanol–water partition coefficient (Wildman–Crippen LogP) is 1.19. The molecular weight excluding hydrogens is 328 g/mol. The molecule has 0 saturated carbocycles. The maximum Gasteiger partial charge on any atom is 0.355 e. The number of carboxylic acid groups (broad SMARTS) is 1. The van der Waals surface area contributed by atoms with Crippen molar-refractivity contribution in [1.82, 2.24) is 15.2 Å². The van der Waals surface area contributed by atoms with Crippen LogP contribution in [0, 0.1) is 0 Å². The Morgan fingerprint density at radius 2 is 1.95 bits per heavy atom. The van der Waals surface area contributed by atoms with E-state index in [4.69, 9.17) is 22.4 Å². The van der Waals surface area contributed by atoms with Gasteiger partial charge in [-0.05, 0) is 0 Å². The number of aromatic nitrogens is 3. The van der Waals surface area contributed by atoms with Crippen LogP contribution in [0.2, 0.25) is 5.15 Å². The number of carbonyl (C=O) groups is 1. The second-order valence-electron chi connectivity index (χ2n) is 4.73. The molecule has 3 rings (SSSR count). The number of piperazine rings is 1. The maximum absolute atomic E-state index is 10.9. The lowest BCUT2D eigenvalue weighted by Crippen LogP contribution is -2.46. The number of hydrogen-bond acceptors (Lipinski definition) is 8. The highest BCUT2D eigenvalue weighted by atomic mass is 35.5. The van der Waals surface area contributed by atoms with Gasteiger partial charge in [-0.15, -0.1) is 21.5 Å². The van der Waals surface area contributed by atoms with E-state index in [0.29, 0.717) is 37.1 Å². The lowest BCUT2D eigenvalue weighted by molar-refractivity contribution is 0.0691. The van der Waals surface area contributed by atoms with Gasteiger partial charge in [-0.3, -0.25) is 0 Å². The lowest BCUT2D eigenvalue weighted by Gasteiger charge is -2.36. The molecule has 1 fully saturated rings. The number of carboxylic acids is 1. The highest BCUT2D eigenvalue weighted by Gasteiger charge is 2.22. The van der Waals surface area contributed by atoms with Crippen molar-refractivity contribution in [3.05, 3.63) is 22.3 Å². The van der Waals surface area contributed by atoms with Gasteiger partial charge in [0, 0.05) is 37.6 Å². The predicted molar refractivity (Wildman–Crippen MR) is 85.0 cm³/mol. The highest BCUT2D eigenvalue weighted by molar-refractivity contribution is 7.13. The van der Waals surface area contributed by atoms with Gasteiger partial charge in [0.2, 0.25) is 0 Å². The van der Waals surface area contributed by atoms with Crippen LogP contribution in [-0.4, -0.2) is 52.4 Å². The molecule has 3 heterocycles. The van der Waals surface area contributed by atoms with Gasteiger partial charge in [0.15, 0.2) is 21.8 Å². The van der Waals surface area contributed by atoms with Gasteiger partial charge < -0.3 is 20.6 Å². The average Bonchev–Trinajstić information content (AvgIpc) is 3.00. The summed E-state index contributed by atoms with van der Waals surface area (Å²) < 4.78 is 0. The highest BCUT2D eigenvalue weighted by Crippen LogP contribution is 2.27. The Labute approximate surface area is 135 Å². The molecule has 22 heavy (non-hydrogen) atoms. The quantitative estimate of drug-likeness (QED) is 0.857. The molecule has 0 atom stereocenters. The summed E-state index contributed by atoms with van der Waals surface area (Å²) in [7, 11) is 0. The van der Waals surface area contributed by atoms with Gasteiger partial charge in [0.25, 0.3) is 0 Å². The largest absolute Gasteiger partial charge is 0.476 e. The molecule has 0 aliphatic carbocycles. The number of halogens is 1. The van der Waals surface area contributed by atoms with Crippen LogP contribution < -0.4 is 15.5 Å². The molecule has 0 radical (unpaired) electrons. The van der Waals surface area contributed by atoms with E-state index in [2.05, 4.69) is 25.0 Å². The van der Waals surface area contributed by atoms with E-state index in [-0.39, 0.29) is 5.69 Å². The van der Waals surface area contributed by atoms with Gasteiger partial charge in [0.05, 0.1) is 5.69 Å². The van der Waals surface area contributed by atoms with Crippen LogP contribution in [0.4, 0.5) is 16.6 Å². The minimum atomic E-state index is -1.01. The van der Waals surface area contributed by atoms with E-state index in [0.717, 1.165) is 10.8 Å². The third-order valence-corrected chi connectivity index (χ3v) is 4.46. The van der Waals surface area contributed by atoms with Crippen LogP contribution in [0.25, 0.3) is 0 Å². The van der Waals surface area contributed by atoms with E-state index >= 15 is 0 Å². The number of rotatable bonds is 3. The molecule has 0 bridgehead atoms. The van der Waals surface area contributed by atoms with E-state index in [1.54, 1.807) is 11.4 Å². The SMILES string of the molecule is Nc1nnc(Cl)cc1N1CCN(c2nc(C(=O)O)cs2)CC1. The van der Waals surface area contributed by atoms with Crippen molar-refractivity contribution in [2.75, 3.05) is 41.7 Å². The Morgan fingerprint density at radius 3 is 2.59 bits per heavy atom. The average molecular weight is 341 g/mol. The van der Waals surface area contributed by atoms with Crippen molar-refractivity contribution in [1.29, 1.82) is 0 Å². The van der Waals surface area contributed by atoms with Crippen molar-refractivity contribution in [3.8, 4) is 0 Å². The number of anilines is 3. The summed E-state index contributed by atoms with van der Waals surface area (Å²) in [5.41, 5.74) is 6.69. The summed E-state index contributed by atoms with van der Waals surface area (Å²) in [4.78, 5) is 19.1. The first-order valence-corrected chi connectivity index (χ1v) is 7.78. The van der Waals surface area contributed by atoms with Crippen molar-refractivity contribution >= 4 is 45.5 Å². The normalized spacial score (nSPS) is 15.1. The molecule has 8 nitrogen and oxygen atoms in total. The third kappa shape index (κ3) is 2.90. The van der Waals surface area contributed by atoms with Crippen molar-refractivity contribution in [2.45, 2.75) is 0 Å². The third-order valence-electron chi connectivity index (χ3n) is 3.37. The molecule has 0 amide bonds. The minimum Gasteiger partial charge on any atom is -0.476 e. The smallest absolute Gasteiger partial charge is 0.355 e. The maximum atomic E-state index is 10.9. The number of nitrogens with two attached hydrogens (primary N) is 1. The fourth-order valence-electron chi connectivity index (χ4n) is 2.27. The lowest BCUT2D eigenvalue weighted by atomic mass is 10.3. The zero-order valence-electron chi connectivity index (χ0n) is 11.4. The first kappa shape index (κ1) is 14.8. The topological polar surface area (TPSA) is 108 Å². The molecule has 0 spiro atoms. The standard InChI is InChI=1S/C12H13ClN6O2S/c13-9-5-8(10(14)17-16-9)18-1-3-19(4-2-18)12-15-7(6-22-12)11(20)21/h5-6H,1-4H2,(H2,14,17)(H,20,21). The Kier molecular flexibility index (Phi) is 3.99. The summed E-state index contributed by atoms with van der Waals surface area (Å²) in [6.07, 6.45) is 0. The summed E-state index contributed by atoms with van der Waals surface area (Å²) in [6, 6.07) is 1.70. The van der Waals surface area contributed by atoms with Crippen LogP contribution in [-0.2, 0) is 0 Å². The molecular formula is C12H13ClN6O2S. The zero-order valence-corrected chi connectivity index (χ0v) is 13.0. The van der Waals surface area contributed by atoms with Gasteiger partial charge >= 0.3 is 5.97 Å². The van der Waals surface area contributed by atoms with Crippen LogP contribution >= 0.6 is 22.9 Å². The van der Waals surface area contributed by atoms with Crippen LogP contribution in [0.1, 0.15) is 10.5 Å². The number of aromatic carboxylic acids is 1. The van der Waals surface area contributed by atoms with Gasteiger partial charge in [0.1, 0.15) is 0 Å². The first-order chi connectivity index (χ1) is 10.5. The minimum absolute atomic E-state index is 0.0804.